The van der Waals surface area contributed by atoms with Crippen molar-refractivity contribution in [1.82, 2.24) is 9.97 Å². The van der Waals surface area contributed by atoms with E-state index in [1.165, 1.54) is 11.3 Å². The number of anilines is 1. The van der Waals surface area contributed by atoms with Gasteiger partial charge in [0.05, 0.1) is 6.54 Å². The molecule has 2 rings (SSSR count). The van der Waals surface area contributed by atoms with Crippen molar-refractivity contribution in [1.29, 1.82) is 0 Å². The molecule has 0 spiro atoms. The molecule has 2 aromatic heterocycles. The molecule has 0 radical (unpaired) electrons. The lowest BCUT2D eigenvalue weighted by atomic mass is 10.4. The molecule has 0 saturated carbocycles. The molecule has 0 fully saturated rings. The van der Waals surface area contributed by atoms with Gasteiger partial charge in [0.2, 0.25) is 5.95 Å². The van der Waals surface area contributed by atoms with E-state index < -0.39 is 11.9 Å². The summed E-state index contributed by atoms with van der Waals surface area (Å²) in [4.78, 5) is 8.14. The summed E-state index contributed by atoms with van der Waals surface area (Å²) in [5.41, 5.74) is -0.943. The first-order valence-corrected chi connectivity index (χ1v) is 5.60. The molecule has 2 heterocycles. The van der Waals surface area contributed by atoms with E-state index >= 15 is 0 Å². The van der Waals surface area contributed by atoms with Crippen molar-refractivity contribution < 1.29 is 13.2 Å². The molecule has 0 atom stereocenters. The zero-order chi connectivity index (χ0) is 12.3. The van der Waals surface area contributed by atoms with Gasteiger partial charge in [-0.2, -0.15) is 13.2 Å². The second-order valence-electron chi connectivity index (χ2n) is 3.20. The van der Waals surface area contributed by atoms with Gasteiger partial charge in [-0.25, -0.2) is 9.97 Å². The zero-order valence-electron chi connectivity index (χ0n) is 8.53. The molecule has 1 N–H and O–H groups in total. The number of halogens is 3. The van der Waals surface area contributed by atoms with Crippen LogP contribution >= 0.6 is 11.3 Å². The molecule has 0 aliphatic rings. The fourth-order valence-electron chi connectivity index (χ4n) is 1.18. The molecule has 0 unspecified atom stereocenters. The Bertz CT molecular complexity index is 482. The van der Waals surface area contributed by atoms with Gasteiger partial charge >= 0.3 is 6.18 Å². The van der Waals surface area contributed by atoms with E-state index in [1.807, 2.05) is 17.5 Å². The first kappa shape index (κ1) is 11.8. The number of hydrogen-bond donors (Lipinski definition) is 1. The Morgan fingerprint density at radius 2 is 2.12 bits per heavy atom. The van der Waals surface area contributed by atoms with E-state index in [0.717, 1.165) is 17.1 Å². The maximum absolute atomic E-state index is 12.4. The van der Waals surface area contributed by atoms with Crippen molar-refractivity contribution in [2.24, 2.45) is 0 Å². The number of rotatable bonds is 3. The second kappa shape index (κ2) is 4.70. The third kappa shape index (κ3) is 3.16. The predicted octanol–water partition coefficient (Wildman–Crippen LogP) is 3.17. The SMILES string of the molecule is FC(F)(F)c1ccnc(NCc2cccs2)n1. The summed E-state index contributed by atoms with van der Waals surface area (Å²) in [5.74, 6) is -0.0202. The molecule has 90 valence electrons. The van der Waals surface area contributed by atoms with Gasteiger partial charge in [0.1, 0.15) is 5.69 Å². The van der Waals surface area contributed by atoms with Crippen molar-refractivity contribution in [2.75, 3.05) is 5.32 Å². The van der Waals surface area contributed by atoms with Crippen LogP contribution in [0.4, 0.5) is 19.1 Å². The van der Waals surface area contributed by atoms with E-state index in [1.54, 1.807) is 0 Å². The molecule has 0 aliphatic carbocycles. The van der Waals surface area contributed by atoms with E-state index in [2.05, 4.69) is 15.3 Å². The average Bonchev–Trinajstić information content (AvgIpc) is 2.78. The van der Waals surface area contributed by atoms with Gasteiger partial charge < -0.3 is 5.32 Å². The highest BCUT2D eigenvalue weighted by Crippen LogP contribution is 2.27. The minimum Gasteiger partial charge on any atom is -0.349 e. The van der Waals surface area contributed by atoms with E-state index in [4.69, 9.17) is 0 Å². The monoisotopic (exact) mass is 259 g/mol. The van der Waals surface area contributed by atoms with Gasteiger partial charge in [0.15, 0.2) is 0 Å². The Morgan fingerprint density at radius 3 is 2.76 bits per heavy atom. The normalized spacial score (nSPS) is 11.5. The lowest BCUT2D eigenvalue weighted by molar-refractivity contribution is -0.141. The summed E-state index contributed by atoms with van der Waals surface area (Å²) in [5, 5.41) is 4.64. The van der Waals surface area contributed by atoms with Crippen molar-refractivity contribution in [3.05, 3.63) is 40.3 Å². The maximum atomic E-state index is 12.4. The third-order valence-corrected chi connectivity index (χ3v) is 2.82. The van der Waals surface area contributed by atoms with Crippen LogP contribution in [0.1, 0.15) is 10.6 Å². The third-order valence-electron chi connectivity index (χ3n) is 1.95. The average molecular weight is 259 g/mol. The van der Waals surface area contributed by atoms with Gasteiger partial charge in [-0.3, -0.25) is 0 Å². The highest BCUT2D eigenvalue weighted by Gasteiger charge is 2.32. The second-order valence-corrected chi connectivity index (χ2v) is 4.23. The van der Waals surface area contributed by atoms with Crippen molar-refractivity contribution in [3.63, 3.8) is 0 Å². The molecule has 3 nitrogen and oxygen atoms in total. The topological polar surface area (TPSA) is 37.8 Å². The number of nitrogens with zero attached hydrogens (tertiary/aromatic N) is 2. The van der Waals surface area contributed by atoms with Crippen LogP contribution in [0.2, 0.25) is 0 Å². The Morgan fingerprint density at radius 1 is 1.29 bits per heavy atom. The number of aromatic nitrogens is 2. The van der Waals surface area contributed by atoms with Gasteiger partial charge in [-0.1, -0.05) is 6.07 Å². The smallest absolute Gasteiger partial charge is 0.349 e. The molecule has 17 heavy (non-hydrogen) atoms. The lowest BCUT2D eigenvalue weighted by Crippen LogP contribution is -2.11. The Labute approximate surface area is 99.3 Å². The van der Waals surface area contributed by atoms with Gasteiger partial charge in [-0.05, 0) is 17.5 Å². The van der Waals surface area contributed by atoms with Crippen LogP contribution in [0.3, 0.4) is 0 Å². The fourth-order valence-corrected chi connectivity index (χ4v) is 1.83. The Kier molecular flexibility index (Phi) is 3.28. The molecule has 7 heteroatoms. The summed E-state index contributed by atoms with van der Waals surface area (Å²) in [6.45, 7) is 0.416. The lowest BCUT2D eigenvalue weighted by Gasteiger charge is -2.07. The van der Waals surface area contributed by atoms with Crippen LogP contribution in [0.5, 0.6) is 0 Å². The van der Waals surface area contributed by atoms with Crippen LogP contribution in [-0.2, 0) is 12.7 Å². The zero-order valence-corrected chi connectivity index (χ0v) is 9.35. The molecule has 0 bridgehead atoms. The van der Waals surface area contributed by atoms with E-state index in [9.17, 15) is 13.2 Å². The van der Waals surface area contributed by atoms with Gasteiger partial charge in [0, 0.05) is 11.1 Å². The maximum Gasteiger partial charge on any atom is 0.433 e. The number of thiophene rings is 1. The minimum absolute atomic E-state index is 0.0202. The molecule has 0 amide bonds. The predicted molar refractivity (Wildman–Crippen MR) is 58.7 cm³/mol. The molecule has 0 saturated heterocycles. The van der Waals surface area contributed by atoms with Crippen molar-refractivity contribution in [2.45, 2.75) is 12.7 Å². The summed E-state index contributed by atoms with van der Waals surface area (Å²) in [6, 6.07) is 4.59. The molecular weight excluding hydrogens is 251 g/mol. The van der Waals surface area contributed by atoms with E-state index in [0.29, 0.717) is 6.54 Å². The van der Waals surface area contributed by atoms with Gasteiger partial charge in [-0.15, -0.1) is 11.3 Å². The van der Waals surface area contributed by atoms with E-state index in [-0.39, 0.29) is 5.95 Å². The number of hydrogen-bond acceptors (Lipinski definition) is 4. The van der Waals surface area contributed by atoms with Crippen molar-refractivity contribution in [3.8, 4) is 0 Å². The number of nitrogens with one attached hydrogen (secondary N) is 1. The van der Waals surface area contributed by atoms with Crippen LogP contribution in [0.25, 0.3) is 0 Å². The highest BCUT2D eigenvalue weighted by atomic mass is 32.1. The van der Waals surface area contributed by atoms with Crippen LogP contribution in [0, 0.1) is 0 Å². The minimum atomic E-state index is -4.44. The first-order chi connectivity index (χ1) is 8.05. The fraction of sp³-hybridized carbons (Fsp3) is 0.200. The first-order valence-electron chi connectivity index (χ1n) is 4.72. The Hall–Kier alpha value is -1.63. The quantitative estimate of drug-likeness (QED) is 0.920. The standard InChI is InChI=1S/C10H8F3N3S/c11-10(12,13)8-3-4-14-9(16-8)15-6-7-2-1-5-17-7/h1-5H,6H2,(H,14,15,16). The largest absolute Gasteiger partial charge is 0.433 e. The summed E-state index contributed by atoms with van der Waals surface area (Å²) in [6.07, 6.45) is -3.35. The molecule has 0 aromatic carbocycles. The van der Waals surface area contributed by atoms with Gasteiger partial charge in [0.25, 0.3) is 0 Å². The Balaban J connectivity index is 2.07. The molecule has 2 aromatic rings. The van der Waals surface area contributed by atoms with Crippen LogP contribution in [-0.4, -0.2) is 9.97 Å². The highest BCUT2D eigenvalue weighted by molar-refractivity contribution is 7.09. The van der Waals surface area contributed by atoms with Crippen LogP contribution in [0.15, 0.2) is 29.8 Å². The van der Waals surface area contributed by atoms with Crippen molar-refractivity contribution >= 4 is 17.3 Å². The summed E-state index contributed by atoms with van der Waals surface area (Å²) >= 11 is 1.51. The molecular formula is C10H8F3N3S. The summed E-state index contributed by atoms with van der Waals surface area (Å²) < 4.78 is 37.1. The molecule has 0 aliphatic heterocycles. The summed E-state index contributed by atoms with van der Waals surface area (Å²) in [7, 11) is 0. The van der Waals surface area contributed by atoms with Crippen LogP contribution < -0.4 is 5.32 Å². The number of alkyl halides is 3.